The van der Waals surface area contributed by atoms with Crippen LogP contribution < -0.4 is 15.1 Å². The molecule has 0 spiro atoms. The molecule has 3 aromatic heterocycles. The number of aromatic nitrogens is 2. The van der Waals surface area contributed by atoms with Crippen molar-refractivity contribution < 1.29 is 9.59 Å². The normalized spacial score (nSPS) is 13.6. The Hall–Kier alpha value is -3.91. The molecule has 0 atom stereocenters. The van der Waals surface area contributed by atoms with Crippen LogP contribution in [0.5, 0.6) is 0 Å². The van der Waals surface area contributed by atoms with Gasteiger partial charge < -0.3 is 19.7 Å². The molecule has 1 amide bonds. The zero-order chi connectivity index (χ0) is 25.9. The monoisotopic (exact) mass is 513 g/mol. The van der Waals surface area contributed by atoms with Crippen LogP contribution in [0.3, 0.4) is 0 Å². The second-order valence-electron chi connectivity index (χ2n) is 9.26. The molecule has 1 fully saturated rings. The quantitative estimate of drug-likeness (QED) is 0.273. The third kappa shape index (κ3) is 5.15. The van der Waals surface area contributed by atoms with Gasteiger partial charge in [-0.1, -0.05) is 13.0 Å². The van der Waals surface area contributed by atoms with Crippen molar-refractivity contribution in [2.24, 2.45) is 7.05 Å². The van der Waals surface area contributed by atoms with Crippen molar-refractivity contribution in [3.05, 3.63) is 83.1 Å². The number of nitrogens with zero attached hydrogens (tertiary/aromatic N) is 4. The minimum absolute atomic E-state index is 0.408. The molecule has 4 aromatic rings. The molecule has 0 aliphatic carbocycles. The summed E-state index contributed by atoms with van der Waals surface area (Å²) < 4.78 is 1.79. The zero-order valence-electron chi connectivity index (χ0n) is 21.4. The van der Waals surface area contributed by atoms with Gasteiger partial charge in [-0.2, -0.15) is 0 Å². The van der Waals surface area contributed by atoms with E-state index in [1.54, 1.807) is 15.9 Å². The first-order valence-corrected chi connectivity index (χ1v) is 13.4. The van der Waals surface area contributed by atoms with Crippen LogP contribution in [0.1, 0.15) is 28.7 Å². The Bertz CT molecular complexity index is 1400. The molecule has 0 bridgehead atoms. The fourth-order valence-electron chi connectivity index (χ4n) is 4.72. The predicted octanol–water partition coefficient (Wildman–Crippen LogP) is 5.17. The highest BCUT2D eigenvalue weighted by Gasteiger charge is 2.25. The van der Waals surface area contributed by atoms with E-state index in [4.69, 9.17) is 0 Å². The van der Waals surface area contributed by atoms with Crippen molar-refractivity contribution in [2.75, 3.05) is 41.3 Å². The lowest BCUT2D eigenvalue weighted by Gasteiger charge is -2.37. The Morgan fingerprint density at radius 3 is 2.41 bits per heavy atom. The topological polar surface area (TPSA) is 70.5 Å². The van der Waals surface area contributed by atoms with Gasteiger partial charge in [0, 0.05) is 66.9 Å². The van der Waals surface area contributed by atoms with Gasteiger partial charge in [0.05, 0.1) is 0 Å². The third-order valence-electron chi connectivity index (χ3n) is 6.99. The average molecular weight is 514 g/mol. The van der Waals surface area contributed by atoms with Gasteiger partial charge in [0.2, 0.25) is 0 Å². The molecule has 1 saturated heterocycles. The predicted molar refractivity (Wildman–Crippen MR) is 151 cm³/mol. The summed E-state index contributed by atoms with van der Waals surface area (Å²) >= 11 is 1.55. The van der Waals surface area contributed by atoms with Gasteiger partial charge in [0.15, 0.2) is 0 Å². The van der Waals surface area contributed by atoms with Gasteiger partial charge in [-0.3, -0.25) is 9.59 Å². The van der Waals surface area contributed by atoms with E-state index in [0.717, 1.165) is 60.2 Å². The molecule has 1 aliphatic rings. The van der Waals surface area contributed by atoms with E-state index in [1.807, 2.05) is 68.0 Å². The number of anilines is 3. The second-order valence-corrected chi connectivity index (χ2v) is 10.2. The Labute approximate surface area is 221 Å². The molecule has 190 valence electrons. The number of carbonyl (C=O) groups excluding carboxylic acids is 2. The second kappa shape index (κ2) is 10.6. The van der Waals surface area contributed by atoms with Crippen LogP contribution in [-0.4, -0.2) is 47.4 Å². The van der Waals surface area contributed by atoms with E-state index in [1.165, 1.54) is 5.56 Å². The number of nitrogens with one attached hydrogen (secondary N) is 1. The summed E-state index contributed by atoms with van der Waals surface area (Å²) in [5.41, 5.74) is 5.13. The lowest BCUT2D eigenvalue weighted by molar-refractivity contribution is -0.112. The van der Waals surface area contributed by atoms with Crippen molar-refractivity contribution in [1.82, 2.24) is 9.55 Å². The van der Waals surface area contributed by atoms with E-state index in [9.17, 15) is 9.59 Å². The Balaban J connectivity index is 1.22. The summed E-state index contributed by atoms with van der Waals surface area (Å²) in [5, 5.41) is 4.75. The number of pyridine rings is 1. The number of piperazine rings is 1. The van der Waals surface area contributed by atoms with Crippen LogP contribution in [0.25, 0.3) is 10.4 Å². The Morgan fingerprint density at radius 2 is 1.73 bits per heavy atom. The standard InChI is InChI=1S/C29H31N5O2S/c1-4-21-11-12-30-26(19-21)34-15-13-33(14-16-34)23-9-7-22(8-10-23)31-29(36)28(35)27-24(18-20(2)32(27)3)25-6-5-17-37-25/h5-12,17-19H,4,13-16H2,1-3H3,(H,31,36). The van der Waals surface area contributed by atoms with Gasteiger partial charge in [0.25, 0.3) is 11.7 Å². The smallest absolute Gasteiger partial charge is 0.298 e. The molecule has 0 saturated carbocycles. The van der Waals surface area contributed by atoms with E-state index in [-0.39, 0.29) is 0 Å². The number of Topliss-reactive ketones (excluding diaryl/α,β-unsaturated/α-hetero) is 1. The minimum atomic E-state index is -0.637. The number of ketones is 1. The minimum Gasteiger partial charge on any atom is -0.368 e. The summed E-state index contributed by atoms with van der Waals surface area (Å²) in [4.78, 5) is 36.2. The molecule has 0 unspecified atom stereocenters. The van der Waals surface area contributed by atoms with Crippen LogP contribution in [0.4, 0.5) is 17.2 Å². The lowest BCUT2D eigenvalue weighted by atomic mass is 10.1. The molecular formula is C29H31N5O2S. The largest absolute Gasteiger partial charge is 0.368 e. The number of aryl methyl sites for hydroxylation is 2. The van der Waals surface area contributed by atoms with Gasteiger partial charge in [-0.15, -0.1) is 11.3 Å². The van der Waals surface area contributed by atoms with Gasteiger partial charge >= 0.3 is 0 Å². The first-order chi connectivity index (χ1) is 17.9. The summed E-state index contributed by atoms with van der Waals surface area (Å²) in [6.45, 7) is 7.67. The number of hydrogen-bond donors (Lipinski definition) is 1. The van der Waals surface area contributed by atoms with Gasteiger partial charge in [-0.25, -0.2) is 4.98 Å². The van der Waals surface area contributed by atoms with Crippen LogP contribution in [0.15, 0.2) is 66.2 Å². The first kappa shape index (κ1) is 24.8. The molecule has 7 nitrogen and oxygen atoms in total. The van der Waals surface area contributed by atoms with Crippen molar-refractivity contribution in [3.63, 3.8) is 0 Å². The summed E-state index contributed by atoms with van der Waals surface area (Å²) in [6, 6.07) is 17.8. The van der Waals surface area contributed by atoms with E-state index in [2.05, 4.69) is 39.2 Å². The molecule has 37 heavy (non-hydrogen) atoms. The number of rotatable bonds is 7. The van der Waals surface area contributed by atoms with E-state index >= 15 is 0 Å². The summed E-state index contributed by atoms with van der Waals surface area (Å²) in [5.74, 6) is -0.139. The maximum Gasteiger partial charge on any atom is 0.298 e. The third-order valence-corrected chi connectivity index (χ3v) is 7.90. The fourth-order valence-corrected chi connectivity index (χ4v) is 5.47. The highest BCUT2D eigenvalue weighted by atomic mass is 32.1. The Morgan fingerprint density at radius 1 is 1.00 bits per heavy atom. The van der Waals surface area contributed by atoms with Crippen LogP contribution >= 0.6 is 11.3 Å². The average Bonchev–Trinajstić information content (AvgIpc) is 3.57. The number of thiophene rings is 1. The van der Waals surface area contributed by atoms with Crippen molar-refractivity contribution >= 4 is 40.2 Å². The maximum absolute atomic E-state index is 13.2. The lowest BCUT2D eigenvalue weighted by Crippen LogP contribution is -2.46. The highest BCUT2D eigenvalue weighted by molar-refractivity contribution is 7.13. The zero-order valence-corrected chi connectivity index (χ0v) is 22.2. The Kier molecular flexibility index (Phi) is 7.10. The molecule has 5 rings (SSSR count). The molecule has 0 radical (unpaired) electrons. The molecule has 4 heterocycles. The summed E-state index contributed by atoms with van der Waals surface area (Å²) in [7, 11) is 1.82. The fraction of sp³-hybridized carbons (Fsp3) is 0.276. The summed E-state index contributed by atoms with van der Waals surface area (Å²) in [6.07, 6.45) is 2.89. The number of benzene rings is 1. The van der Waals surface area contributed by atoms with Crippen molar-refractivity contribution in [2.45, 2.75) is 20.3 Å². The van der Waals surface area contributed by atoms with E-state index in [0.29, 0.717) is 11.4 Å². The van der Waals surface area contributed by atoms with Crippen LogP contribution in [0, 0.1) is 6.92 Å². The molecular weight excluding hydrogens is 482 g/mol. The molecule has 1 aromatic carbocycles. The van der Waals surface area contributed by atoms with Crippen LogP contribution in [0.2, 0.25) is 0 Å². The highest BCUT2D eigenvalue weighted by Crippen LogP contribution is 2.31. The maximum atomic E-state index is 13.2. The van der Waals surface area contributed by atoms with Crippen molar-refractivity contribution in [3.8, 4) is 10.4 Å². The van der Waals surface area contributed by atoms with Crippen molar-refractivity contribution in [1.29, 1.82) is 0 Å². The molecule has 8 heteroatoms. The number of carbonyl (C=O) groups is 2. The van der Waals surface area contributed by atoms with Gasteiger partial charge in [-0.05, 0) is 72.8 Å². The van der Waals surface area contributed by atoms with Gasteiger partial charge in [0.1, 0.15) is 11.5 Å². The molecule has 1 aliphatic heterocycles. The SMILES string of the molecule is CCc1ccnc(N2CCN(c3ccc(NC(=O)C(=O)c4c(-c5cccs5)cc(C)n4C)cc3)CC2)c1. The van der Waals surface area contributed by atoms with E-state index < -0.39 is 11.7 Å². The molecule has 1 N–H and O–H groups in total. The number of amides is 1. The first-order valence-electron chi connectivity index (χ1n) is 12.6. The number of hydrogen-bond acceptors (Lipinski definition) is 6. The van der Waals surface area contributed by atoms with Crippen LogP contribution in [-0.2, 0) is 18.3 Å².